The Bertz CT molecular complexity index is 1650. The van der Waals surface area contributed by atoms with E-state index in [2.05, 4.69) is 25.4 Å². The van der Waals surface area contributed by atoms with Crippen LogP contribution in [0.15, 0.2) is 55.1 Å². The molecule has 2 N–H and O–H groups in total. The van der Waals surface area contributed by atoms with Gasteiger partial charge in [0, 0.05) is 34.7 Å². The van der Waals surface area contributed by atoms with Crippen LogP contribution in [0.1, 0.15) is 25.1 Å². The Morgan fingerprint density at radius 3 is 2.61 bits per heavy atom. The number of hydrogen-bond acceptors (Lipinski definition) is 7. The predicted molar refractivity (Wildman–Crippen MR) is 135 cm³/mol. The van der Waals surface area contributed by atoms with Crippen LogP contribution < -0.4 is 10.0 Å². The Morgan fingerprint density at radius 1 is 1.11 bits per heavy atom. The number of halogens is 3. The number of carbonyl (C=O) groups is 1. The number of anilines is 2. The quantitative estimate of drug-likeness (QED) is 0.348. The Hall–Kier alpha value is -3.71. The number of nitrogens with zero attached hydrogens (tertiary/aromatic N) is 5. The van der Waals surface area contributed by atoms with Crippen LogP contribution in [-0.2, 0) is 20.2 Å². The van der Waals surface area contributed by atoms with Crippen LogP contribution in [-0.4, -0.2) is 44.6 Å². The second-order valence-electron chi connectivity index (χ2n) is 9.54. The summed E-state index contributed by atoms with van der Waals surface area (Å²) < 4.78 is 52.4. The standard InChI is InChI=1S/C24H20ClF2N7O3S/c25-16-4-6-34-18(8-16)17(12-30-34)13-1-2-19(29-11-13)32-22(35)24(9-14-7-15(14)10-24)21-28-5-3-20(31-21)33-38(36,37)23(26)27/h1-6,8,11-12,14-15,23H,7,9-10H2,(H,28,31,33)(H,29,32,35). The first kappa shape index (κ1) is 24.6. The van der Waals surface area contributed by atoms with Crippen LogP contribution >= 0.6 is 11.6 Å². The van der Waals surface area contributed by atoms with Crippen molar-refractivity contribution in [1.82, 2.24) is 24.6 Å². The molecule has 2 aliphatic rings. The Kier molecular flexibility index (Phi) is 5.80. The molecule has 2 atom stereocenters. The number of sulfonamides is 1. The summed E-state index contributed by atoms with van der Waals surface area (Å²) in [6, 6.07) is 8.16. The minimum absolute atomic E-state index is 0.0801. The molecule has 0 saturated heterocycles. The molecular formula is C24H20ClF2N7O3S. The van der Waals surface area contributed by atoms with Crippen molar-refractivity contribution in [2.24, 2.45) is 11.8 Å². The lowest BCUT2D eigenvalue weighted by Gasteiger charge is -2.28. The van der Waals surface area contributed by atoms with Crippen molar-refractivity contribution in [2.45, 2.75) is 30.4 Å². The molecule has 2 saturated carbocycles. The van der Waals surface area contributed by atoms with E-state index >= 15 is 0 Å². The van der Waals surface area contributed by atoms with Gasteiger partial charge in [0.2, 0.25) is 5.91 Å². The second kappa shape index (κ2) is 8.95. The SMILES string of the molecule is O=C(Nc1ccc(-c2cnn3ccc(Cl)cc23)cn1)C1(c2nccc(NS(=O)(=O)C(F)F)n2)CC2CC2C1. The van der Waals surface area contributed by atoms with Crippen molar-refractivity contribution in [1.29, 1.82) is 0 Å². The third-order valence-electron chi connectivity index (χ3n) is 7.09. The zero-order valence-electron chi connectivity index (χ0n) is 19.6. The Morgan fingerprint density at radius 2 is 1.89 bits per heavy atom. The van der Waals surface area contributed by atoms with Crippen LogP contribution in [0.5, 0.6) is 0 Å². The maximum absolute atomic E-state index is 13.6. The summed E-state index contributed by atoms with van der Waals surface area (Å²) in [6.07, 6.45) is 8.25. The Labute approximate surface area is 220 Å². The summed E-state index contributed by atoms with van der Waals surface area (Å²) in [7, 11) is -4.92. The molecule has 2 fully saturated rings. The molecule has 196 valence electrons. The van der Waals surface area contributed by atoms with Gasteiger partial charge in [-0.2, -0.15) is 13.9 Å². The molecule has 1 amide bonds. The van der Waals surface area contributed by atoms with E-state index in [1.165, 1.54) is 12.3 Å². The van der Waals surface area contributed by atoms with Gasteiger partial charge < -0.3 is 5.32 Å². The molecule has 6 rings (SSSR count). The number of fused-ring (bicyclic) bond motifs is 2. The largest absolute Gasteiger partial charge is 0.355 e. The first-order valence-corrected chi connectivity index (χ1v) is 13.6. The average Bonchev–Trinajstić information content (AvgIpc) is 3.29. The van der Waals surface area contributed by atoms with E-state index in [0.717, 1.165) is 23.1 Å². The van der Waals surface area contributed by atoms with E-state index in [9.17, 15) is 22.0 Å². The van der Waals surface area contributed by atoms with Crippen molar-refractivity contribution < 1.29 is 22.0 Å². The highest BCUT2D eigenvalue weighted by Gasteiger charge is 2.59. The van der Waals surface area contributed by atoms with Crippen LogP contribution in [0.2, 0.25) is 5.02 Å². The average molecular weight is 560 g/mol. The first-order valence-electron chi connectivity index (χ1n) is 11.7. The molecule has 0 radical (unpaired) electrons. The van der Waals surface area contributed by atoms with Gasteiger partial charge in [-0.05, 0) is 61.4 Å². The molecule has 4 aromatic heterocycles. The summed E-state index contributed by atoms with van der Waals surface area (Å²) in [5.74, 6) is -3.30. The van der Waals surface area contributed by atoms with Crippen LogP contribution in [0.25, 0.3) is 16.6 Å². The summed E-state index contributed by atoms with van der Waals surface area (Å²) in [5.41, 5.74) is 1.26. The Balaban J connectivity index is 1.26. The number of amides is 1. The van der Waals surface area contributed by atoms with Crippen LogP contribution in [0, 0.1) is 11.8 Å². The molecule has 10 nitrogen and oxygen atoms in total. The molecule has 0 spiro atoms. The van der Waals surface area contributed by atoms with Gasteiger partial charge in [0.15, 0.2) is 0 Å². The number of rotatable bonds is 7. The van der Waals surface area contributed by atoms with Gasteiger partial charge in [-0.15, -0.1) is 0 Å². The van der Waals surface area contributed by atoms with Crippen molar-refractivity contribution in [3.8, 4) is 11.1 Å². The molecule has 4 aromatic rings. The van der Waals surface area contributed by atoms with Crippen molar-refractivity contribution in [2.75, 3.05) is 10.0 Å². The summed E-state index contributed by atoms with van der Waals surface area (Å²) in [4.78, 5) is 26.4. The lowest BCUT2D eigenvalue weighted by Crippen LogP contribution is -2.41. The molecule has 0 bridgehead atoms. The summed E-state index contributed by atoms with van der Waals surface area (Å²) in [6.45, 7) is 0. The summed E-state index contributed by atoms with van der Waals surface area (Å²) >= 11 is 6.13. The number of pyridine rings is 2. The van der Waals surface area contributed by atoms with E-state index in [0.29, 0.717) is 35.5 Å². The number of carbonyl (C=O) groups excluding carboxylic acids is 1. The minimum Gasteiger partial charge on any atom is -0.310 e. The van der Waals surface area contributed by atoms with Gasteiger partial charge in [-0.1, -0.05) is 11.6 Å². The normalized spacial score (nSPS) is 22.4. The first-order chi connectivity index (χ1) is 18.1. The fourth-order valence-corrected chi connectivity index (χ4v) is 5.79. The molecule has 2 aliphatic carbocycles. The molecule has 38 heavy (non-hydrogen) atoms. The molecule has 0 aromatic carbocycles. The summed E-state index contributed by atoms with van der Waals surface area (Å²) in [5, 5.41) is 7.73. The number of nitrogens with one attached hydrogen (secondary N) is 2. The molecule has 4 heterocycles. The highest BCUT2D eigenvalue weighted by molar-refractivity contribution is 7.92. The molecule has 2 unspecified atom stereocenters. The monoisotopic (exact) mass is 559 g/mol. The van der Waals surface area contributed by atoms with Crippen LogP contribution in [0.4, 0.5) is 20.4 Å². The highest BCUT2D eigenvalue weighted by atomic mass is 35.5. The number of aromatic nitrogens is 5. The lowest BCUT2D eigenvalue weighted by molar-refractivity contribution is -0.122. The zero-order chi connectivity index (χ0) is 26.7. The maximum Gasteiger partial charge on any atom is 0.355 e. The lowest BCUT2D eigenvalue weighted by atomic mass is 9.80. The number of hydrogen-bond donors (Lipinski definition) is 2. The third kappa shape index (κ3) is 4.35. The molecule has 0 aliphatic heterocycles. The third-order valence-corrected chi connectivity index (χ3v) is 8.29. The van der Waals surface area contributed by atoms with Gasteiger partial charge >= 0.3 is 5.76 Å². The van der Waals surface area contributed by atoms with Crippen LogP contribution in [0.3, 0.4) is 0 Å². The fourth-order valence-electron chi connectivity index (χ4n) is 5.14. The minimum atomic E-state index is -4.92. The van der Waals surface area contributed by atoms with Crippen molar-refractivity contribution >= 4 is 44.7 Å². The van der Waals surface area contributed by atoms with Gasteiger partial charge in [-0.25, -0.2) is 27.9 Å². The van der Waals surface area contributed by atoms with E-state index in [1.807, 2.05) is 0 Å². The topological polar surface area (TPSA) is 131 Å². The van der Waals surface area contributed by atoms with E-state index in [1.54, 1.807) is 52.1 Å². The molecule has 14 heteroatoms. The predicted octanol–water partition coefficient (Wildman–Crippen LogP) is 4.11. The fraction of sp³-hybridized carbons (Fsp3) is 0.292. The maximum atomic E-state index is 13.6. The van der Waals surface area contributed by atoms with Crippen molar-refractivity contribution in [3.05, 3.63) is 66.0 Å². The van der Waals surface area contributed by atoms with E-state index in [4.69, 9.17) is 11.6 Å². The molecular weight excluding hydrogens is 540 g/mol. The second-order valence-corrected chi connectivity index (χ2v) is 11.6. The zero-order valence-corrected chi connectivity index (χ0v) is 21.1. The smallest absolute Gasteiger partial charge is 0.310 e. The van der Waals surface area contributed by atoms with Gasteiger partial charge in [0.1, 0.15) is 22.9 Å². The van der Waals surface area contributed by atoms with Crippen molar-refractivity contribution in [3.63, 3.8) is 0 Å². The van der Waals surface area contributed by atoms with Gasteiger partial charge in [0.25, 0.3) is 10.0 Å². The van der Waals surface area contributed by atoms with E-state index < -0.39 is 21.2 Å². The number of alkyl halides is 2. The van der Waals surface area contributed by atoms with Gasteiger partial charge in [0.05, 0.1) is 11.7 Å². The highest BCUT2D eigenvalue weighted by Crippen LogP contribution is 2.60. The van der Waals surface area contributed by atoms with Gasteiger partial charge in [-0.3, -0.25) is 9.52 Å². The van der Waals surface area contributed by atoms with E-state index in [-0.39, 0.29) is 17.5 Å².